The van der Waals surface area contributed by atoms with Crippen LogP contribution in [0.4, 0.5) is 5.82 Å². The largest absolute Gasteiger partial charge is 0.474 e. The molecule has 0 bridgehead atoms. The topological polar surface area (TPSA) is 55.6 Å². The number of fused-ring (bicyclic) bond motifs is 1. The van der Waals surface area contributed by atoms with Crippen molar-refractivity contribution in [2.75, 3.05) is 18.0 Å². The molecule has 3 aromatic heterocycles. The van der Waals surface area contributed by atoms with E-state index in [0.29, 0.717) is 12.0 Å². The van der Waals surface area contributed by atoms with Crippen LogP contribution >= 0.6 is 0 Å². The number of nitrogens with zero attached hydrogens (tertiary/aromatic N) is 5. The quantitative estimate of drug-likeness (QED) is 0.739. The molecule has 1 aliphatic heterocycles. The van der Waals surface area contributed by atoms with Gasteiger partial charge in [-0.3, -0.25) is 0 Å². The van der Waals surface area contributed by atoms with E-state index >= 15 is 0 Å². The van der Waals surface area contributed by atoms with Crippen molar-refractivity contribution in [2.24, 2.45) is 0 Å². The molecule has 122 valence electrons. The second kappa shape index (κ2) is 5.47. The Hall–Kier alpha value is -2.63. The molecule has 2 fully saturated rings. The molecule has 0 amide bonds. The van der Waals surface area contributed by atoms with Crippen molar-refractivity contribution in [3.8, 4) is 17.0 Å². The maximum atomic E-state index is 5.97. The predicted octanol–water partition coefficient (Wildman–Crippen LogP) is 2.93. The highest BCUT2D eigenvalue weighted by atomic mass is 16.5. The lowest BCUT2D eigenvalue weighted by molar-refractivity contribution is 0.292. The van der Waals surface area contributed by atoms with E-state index in [2.05, 4.69) is 15.0 Å². The number of ether oxygens (including phenoxy) is 1. The first-order chi connectivity index (χ1) is 11.9. The summed E-state index contributed by atoms with van der Waals surface area (Å²) in [4.78, 5) is 11.6. The highest BCUT2D eigenvalue weighted by molar-refractivity contribution is 5.80. The maximum absolute atomic E-state index is 5.97. The minimum absolute atomic E-state index is 0.314. The molecule has 1 saturated heterocycles. The van der Waals surface area contributed by atoms with Crippen LogP contribution in [0.25, 0.3) is 16.8 Å². The summed E-state index contributed by atoms with van der Waals surface area (Å²) >= 11 is 0. The molecular weight excluding hydrogens is 302 g/mol. The van der Waals surface area contributed by atoms with Crippen molar-refractivity contribution < 1.29 is 4.74 Å². The molecule has 4 heterocycles. The molecule has 3 aromatic rings. The van der Waals surface area contributed by atoms with Gasteiger partial charge in [0.15, 0.2) is 5.65 Å². The van der Waals surface area contributed by atoms with E-state index < -0.39 is 0 Å². The molecule has 0 radical (unpaired) electrons. The molecular formula is C18H19N5O. The Labute approximate surface area is 140 Å². The van der Waals surface area contributed by atoms with E-state index in [1.807, 2.05) is 35.1 Å². The Kier molecular flexibility index (Phi) is 3.14. The number of hydrogen-bond acceptors (Lipinski definition) is 5. The standard InChI is InChI=1S/C18H19N5O/c1-2-10-22(9-1)16-7-11-23-17(21-16)15(12-20-23)14-4-3-8-19-18(14)24-13-5-6-13/h3-4,7-8,11-13H,1-2,5-6,9-10H2. The SMILES string of the molecule is c1cnc(OC2CC2)c(-c2cnn3ccc(N4CCCC4)nc23)c1. The van der Waals surface area contributed by atoms with Gasteiger partial charge in [0.2, 0.25) is 5.88 Å². The Morgan fingerprint density at radius 3 is 2.79 bits per heavy atom. The third-order valence-corrected chi connectivity index (χ3v) is 4.65. The minimum atomic E-state index is 0.314. The Morgan fingerprint density at radius 1 is 1.08 bits per heavy atom. The fourth-order valence-electron chi connectivity index (χ4n) is 3.21. The zero-order valence-corrected chi connectivity index (χ0v) is 13.4. The number of anilines is 1. The normalized spacial score (nSPS) is 17.6. The van der Waals surface area contributed by atoms with Gasteiger partial charge in [-0.05, 0) is 43.9 Å². The number of aromatic nitrogens is 4. The summed E-state index contributed by atoms with van der Waals surface area (Å²) in [6, 6.07) is 6.01. The second-order valence-electron chi connectivity index (χ2n) is 6.48. The Bertz CT molecular complexity index is 880. The minimum Gasteiger partial charge on any atom is -0.474 e. The van der Waals surface area contributed by atoms with Gasteiger partial charge in [0.1, 0.15) is 11.9 Å². The first-order valence-electron chi connectivity index (χ1n) is 8.60. The summed E-state index contributed by atoms with van der Waals surface area (Å²) in [6.07, 6.45) is 10.6. The van der Waals surface area contributed by atoms with Crippen LogP contribution in [-0.4, -0.2) is 38.8 Å². The van der Waals surface area contributed by atoms with Gasteiger partial charge in [-0.1, -0.05) is 0 Å². The summed E-state index contributed by atoms with van der Waals surface area (Å²) < 4.78 is 7.80. The van der Waals surface area contributed by atoms with E-state index in [1.165, 1.54) is 12.8 Å². The van der Waals surface area contributed by atoms with E-state index in [4.69, 9.17) is 9.72 Å². The zero-order chi connectivity index (χ0) is 15.9. The van der Waals surface area contributed by atoms with E-state index in [1.54, 1.807) is 6.20 Å². The predicted molar refractivity (Wildman–Crippen MR) is 91.3 cm³/mol. The monoisotopic (exact) mass is 321 g/mol. The molecule has 6 heteroatoms. The van der Waals surface area contributed by atoms with Gasteiger partial charge >= 0.3 is 0 Å². The molecule has 2 aliphatic rings. The molecule has 1 saturated carbocycles. The van der Waals surface area contributed by atoms with E-state index in [0.717, 1.165) is 48.5 Å². The summed E-state index contributed by atoms with van der Waals surface area (Å²) in [5.74, 6) is 1.71. The van der Waals surface area contributed by atoms with Crippen molar-refractivity contribution in [3.05, 3.63) is 36.8 Å². The number of pyridine rings is 1. The molecule has 0 aromatic carbocycles. The van der Waals surface area contributed by atoms with Crippen LogP contribution in [0, 0.1) is 0 Å². The summed E-state index contributed by atoms with van der Waals surface area (Å²) in [7, 11) is 0. The fraction of sp³-hybridized carbons (Fsp3) is 0.389. The summed E-state index contributed by atoms with van der Waals surface area (Å²) in [5.41, 5.74) is 2.79. The van der Waals surface area contributed by atoms with Crippen molar-refractivity contribution in [2.45, 2.75) is 31.8 Å². The van der Waals surface area contributed by atoms with Gasteiger partial charge in [0.05, 0.1) is 11.8 Å². The lowest BCUT2D eigenvalue weighted by atomic mass is 10.1. The van der Waals surface area contributed by atoms with E-state index in [-0.39, 0.29) is 0 Å². The molecule has 0 N–H and O–H groups in total. The third-order valence-electron chi connectivity index (χ3n) is 4.65. The van der Waals surface area contributed by atoms with Gasteiger partial charge in [-0.15, -0.1) is 0 Å². The van der Waals surface area contributed by atoms with Gasteiger partial charge in [-0.2, -0.15) is 5.10 Å². The molecule has 0 unspecified atom stereocenters. The van der Waals surface area contributed by atoms with E-state index in [9.17, 15) is 0 Å². The molecule has 0 spiro atoms. The van der Waals surface area contributed by atoms with Crippen LogP contribution in [0.5, 0.6) is 5.88 Å². The van der Waals surface area contributed by atoms with Crippen LogP contribution in [0.1, 0.15) is 25.7 Å². The van der Waals surface area contributed by atoms with Crippen molar-refractivity contribution >= 4 is 11.5 Å². The van der Waals surface area contributed by atoms with Gasteiger partial charge in [0.25, 0.3) is 0 Å². The smallest absolute Gasteiger partial charge is 0.221 e. The highest BCUT2D eigenvalue weighted by Gasteiger charge is 2.26. The fourth-order valence-corrected chi connectivity index (χ4v) is 3.21. The summed E-state index contributed by atoms with van der Waals surface area (Å²) in [6.45, 7) is 2.16. The first kappa shape index (κ1) is 13.8. The molecule has 6 nitrogen and oxygen atoms in total. The van der Waals surface area contributed by atoms with Crippen LogP contribution in [0.15, 0.2) is 36.8 Å². The van der Waals surface area contributed by atoms with Gasteiger partial charge in [-0.25, -0.2) is 14.5 Å². The molecule has 0 atom stereocenters. The maximum Gasteiger partial charge on any atom is 0.221 e. The van der Waals surface area contributed by atoms with Gasteiger partial charge < -0.3 is 9.64 Å². The van der Waals surface area contributed by atoms with Crippen LogP contribution in [-0.2, 0) is 0 Å². The van der Waals surface area contributed by atoms with Crippen LogP contribution in [0.2, 0.25) is 0 Å². The molecule has 24 heavy (non-hydrogen) atoms. The highest BCUT2D eigenvalue weighted by Crippen LogP contribution is 2.35. The van der Waals surface area contributed by atoms with Crippen molar-refractivity contribution in [1.82, 2.24) is 19.6 Å². The van der Waals surface area contributed by atoms with Crippen LogP contribution in [0.3, 0.4) is 0 Å². The first-order valence-corrected chi connectivity index (χ1v) is 8.60. The molecule has 5 rings (SSSR count). The Morgan fingerprint density at radius 2 is 1.96 bits per heavy atom. The van der Waals surface area contributed by atoms with Crippen molar-refractivity contribution in [3.63, 3.8) is 0 Å². The zero-order valence-electron chi connectivity index (χ0n) is 13.4. The summed E-state index contributed by atoms with van der Waals surface area (Å²) in [5, 5.41) is 4.45. The lowest BCUT2D eigenvalue weighted by Gasteiger charge is -2.16. The third kappa shape index (κ3) is 2.38. The van der Waals surface area contributed by atoms with Gasteiger partial charge in [0, 0.05) is 31.0 Å². The number of hydrogen-bond donors (Lipinski definition) is 0. The molecule has 1 aliphatic carbocycles. The Balaban J connectivity index is 1.60. The average molecular weight is 321 g/mol. The number of rotatable bonds is 4. The lowest BCUT2D eigenvalue weighted by Crippen LogP contribution is -2.19. The van der Waals surface area contributed by atoms with Crippen LogP contribution < -0.4 is 9.64 Å². The average Bonchev–Trinajstić information content (AvgIpc) is 3.12. The second-order valence-corrected chi connectivity index (χ2v) is 6.48. The van der Waals surface area contributed by atoms with Crippen molar-refractivity contribution in [1.29, 1.82) is 0 Å².